The Balaban J connectivity index is 1.59. The summed E-state index contributed by atoms with van der Waals surface area (Å²) < 4.78 is 5.20. The van der Waals surface area contributed by atoms with Crippen LogP contribution < -0.4 is 5.32 Å². The maximum atomic E-state index is 12.1. The smallest absolute Gasteiger partial charge is 0.227 e. The molecule has 5 nitrogen and oxygen atoms in total. The minimum atomic E-state index is -0.0577. The van der Waals surface area contributed by atoms with Crippen molar-refractivity contribution < 1.29 is 9.32 Å². The fourth-order valence-electron chi connectivity index (χ4n) is 2.30. The van der Waals surface area contributed by atoms with Gasteiger partial charge in [-0.25, -0.2) is 0 Å². The number of hydrogen-bond acceptors (Lipinski definition) is 5. The lowest BCUT2D eigenvalue weighted by Gasteiger charge is -2.10. The Morgan fingerprint density at radius 2 is 2.04 bits per heavy atom. The lowest BCUT2D eigenvalue weighted by molar-refractivity contribution is -0.116. The molecule has 0 spiro atoms. The van der Waals surface area contributed by atoms with E-state index in [0.29, 0.717) is 24.6 Å². The third kappa shape index (κ3) is 3.65. The summed E-state index contributed by atoms with van der Waals surface area (Å²) in [5.74, 6) is 0.983. The van der Waals surface area contributed by atoms with E-state index in [1.165, 1.54) is 0 Å². The lowest BCUT2D eigenvalue weighted by atomic mass is 10.1. The Kier molecular flexibility index (Phi) is 4.52. The molecule has 0 atom stereocenters. The third-order valence-corrected chi connectivity index (χ3v) is 4.24. The minimum absolute atomic E-state index is 0.0577. The molecule has 0 aliphatic heterocycles. The molecule has 3 rings (SSSR count). The fraction of sp³-hybridized carbons (Fsp3) is 0.235. The van der Waals surface area contributed by atoms with Gasteiger partial charge < -0.3 is 9.84 Å². The van der Waals surface area contributed by atoms with Crippen LogP contribution in [0.4, 0.5) is 5.69 Å². The highest BCUT2D eigenvalue weighted by Gasteiger charge is 2.12. The van der Waals surface area contributed by atoms with Gasteiger partial charge in [0.1, 0.15) is 0 Å². The number of aromatic nitrogens is 2. The highest BCUT2D eigenvalue weighted by Crippen LogP contribution is 2.21. The van der Waals surface area contributed by atoms with E-state index < -0.39 is 0 Å². The molecule has 23 heavy (non-hydrogen) atoms. The van der Waals surface area contributed by atoms with Crippen LogP contribution in [0.5, 0.6) is 0 Å². The van der Waals surface area contributed by atoms with Crippen LogP contribution >= 0.6 is 11.3 Å². The van der Waals surface area contributed by atoms with Gasteiger partial charge in [0.2, 0.25) is 17.6 Å². The summed E-state index contributed by atoms with van der Waals surface area (Å²) in [6.07, 6.45) is 0.729. The van der Waals surface area contributed by atoms with Gasteiger partial charge in [-0.05, 0) is 36.4 Å². The maximum Gasteiger partial charge on any atom is 0.227 e. The Bertz CT molecular complexity index is 789. The molecule has 2 heterocycles. The van der Waals surface area contributed by atoms with E-state index in [1.807, 2.05) is 48.9 Å². The molecule has 3 aromatic rings. The largest absolute Gasteiger partial charge is 0.339 e. The SMILES string of the molecule is Cc1cccc(C)c1NC(=O)CCc1nc(-c2ccsc2)no1. The average Bonchev–Trinajstić information content (AvgIpc) is 3.19. The Morgan fingerprint density at radius 1 is 1.26 bits per heavy atom. The van der Waals surface area contributed by atoms with Crippen molar-refractivity contribution in [2.24, 2.45) is 0 Å². The first kappa shape index (κ1) is 15.4. The number of para-hydroxylation sites is 1. The van der Waals surface area contributed by atoms with Gasteiger partial charge in [0.15, 0.2) is 0 Å². The zero-order valence-electron chi connectivity index (χ0n) is 13.0. The van der Waals surface area contributed by atoms with Crippen molar-refractivity contribution in [3.8, 4) is 11.4 Å². The van der Waals surface area contributed by atoms with E-state index in [2.05, 4.69) is 15.5 Å². The van der Waals surface area contributed by atoms with Gasteiger partial charge in [-0.1, -0.05) is 23.4 Å². The number of hydrogen-bond donors (Lipinski definition) is 1. The first-order valence-electron chi connectivity index (χ1n) is 7.34. The van der Waals surface area contributed by atoms with E-state index in [1.54, 1.807) is 11.3 Å². The second-order valence-electron chi connectivity index (χ2n) is 5.34. The second kappa shape index (κ2) is 6.75. The molecular formula is C17H17N3O2S. The maximum absolute atomic E-state index is 12.1. The third-order valence-electron chi connectivity index (χ3n) is 3.56. The van der Waals surface area contributed by atoms with Gasteiger partial charge in [0.05, 0.1) is 0 Å². The molecule has 0 aliphatic carbocycles. The number of amides is 1. The molecule has 0 fully saturated rings. The second-order valence-corrected chi connectivity index (χ2v) is 6.12. The number of nitrogens with zero attached hydrogens (tertiary/aromatic N) is 2. The fourth-order valence-corrected chi connectivity index (χ4v) is 2.93. The van der Waals surface area contributed by atoms with Crippen molar-refractivity contribution in [3.05, 3.63) is 52.0 Å². The van der Waals surface area contributed by atoms with Crippen LogP contribution in [0.25, 0.3) is 11.4 Å². The zero-order valence-corrected chi connectivity index (χ0v) is 13.8. The summed E-state index contributed by atoms with van der Waals surface area (Å²) in [6, 6.07) is 7.87. The van der Waals surface area contributed by atoms with Crippen molar-refractivity contribution in [2.75, 3.05) is 5.32 Å². The van der Waals surface area contributed by atoms with Crippen molar-refractivity contribution in [3.63, 3.8) is 0 Å². The van der Waals surface area contributed by atoms with Gasteiger partial charge in [-0.3, -0.25) is 4.79 Å². The molecule has 1 N–H and O–H groups in total. The lowest BCUT2D eigenvalue weighted by Crippen LogP contribution is -2.14. The molecule has 0 bridgehead atoms. The molecular weight excluding hydrogens is 310 g/mol. The molecule has 0 saturated heterocycles. The van der Waals surface area contributed by atoms with Crippen molar-refractivity contribution in [1.82, 2.24) is 10.1 Å². The van der Waals surface area contributed by atoms with Crippen LogP contribution in [0, 0.1) is 13.8 Å². The average molecular weight is 327 g/mol. The van der Waals surface area contributed by atoms with E-state index in [0.717, 1.165) is 22.4 Å². The number of aryl methyl sites for hydroxylation is 3. The van der Waals surface area contributed by atoms with E-state index in [9.17, 15) is 4.79 Å². The molecule has 1 amide bonds. The molecule has 0 radical (unpaired) electrons. The van der Waals surface area contributed by atoms with Crippen molar-refractivity contribution in [1.29, 1.82) is 0 Å². The predicted octanol–water partition coefficient (Wildman–Crippen LogP) is 3.99. The topological polar surface area (TPSA) is 68.0 Å². The molecule has 2 aromatic heterocycles. The summed E-state index contributed by atoms with van der Waals surface area (Å²) in [6.45, 7) is 3.96. The van der Waals surface area contributed by atoms with E-state index in [4.69, 9.17) is 4.52 Å². The molecule has 0 unspecified atom stereocenters. The molecule has 0 saturated carbocycles. The van der Waals surface area contributed by atoms with Gasteiger partial charge in [0, 0.05) is 29.5 Å². The summed E-state index contributed by atoms with van der Waals surface area (Å²) in [5.41, 5.74) is 3.92. The molecule has 1 aromatic carbocycles. The normalized spacial score (nSPS) is 10.7. The predicted molar refractivity (Wildman–Crippen MR) is 90.5 cm³/mol. The Morgan fingerprint density at radius 3 is 2.74 bits per heavy atom. The Hall–Kier alpha value is -2.47. The quantitative estimate of drug-likeness (QED) is 0.769. The van der Waals surface area contributed by atoms with E-state index in [-0.39, 0.29) is 5.91 Å². The summed E-state index contributed by atoms with van der Waals surface area (Å²) in [7, 11) is 0. The number of carbonyl (C=O) groups excluding carboxylic acids is 1. The van der Waals surface area contributed by atoms with Crippen LogP contribution in [0.1, 0.15) is 23.4 Å². The van der Waals surface area contributed by atoms with Crippen LogP contribution in [-0.2, 0) is 11.2 Å². The van der Waals surface area contributed by atoms with Crippen LogP contribution in [0.2, 0.25) is 0 Å². The minimum Gasteiger partial charge on any atom is -0.339 e. The van der Waals surface area contributed by atoms with Crippen LogP contribution in [0.3, 0.4) is 0 Å². The van der Waals surface area contributed by atoms with Crippen molar-refractivity contribution >= 4 is 22.9 Å². The molecule has 6 heteroatoms. The number of benzene rings is 1. The van der Waals surface area contributed by atoms with Crippen LogP contribution in [-0.4, -0.2) is 16.0 Å². The first-order valence-corrected chi connectivity index (χ1v) is 8.29. The number of anilines is 1. The van der Waals surface area contributed by atoms with Crippen LogP contribution in [0.15, 0.2) is 39.5 Å². The zero-order chi connectivity index (χ0) is 16.2. The highest BCUT2D eigenvalue weighted by atomic mass is 32.1. The highest BCUT2D eigenvalue weighted by molar-refractivity contribution is 7.08. The standard InChI is InChI=1S/C17H17N3O2S/c1-11-4-3-5-12(2)16(11)18-14(21)6-7-15-19-17(20-22-15)13-8-9-23-10-13/h3-5,8-10H,6-7H2,1-2H3,(H,18,21). The summed E-state index contributed by atoms with van der Waals surface area (Å²) in [5, 5.41) is 10.8. The summed E-state index contributed by atoms with van der Waals surface area (Å²) >= 11 is 1.58. The van der Waals surface area contributed by atoms with Gasteiger partial charge >= 0.3 is 0 Å². The van der Waals surface area contributed by atoms with Gasteiger partial charge in [-0.15, -0.1) is 0 Å². The first-order chi connectivity index (χ1) is 11.1. The number of thiophene rings is 1. The van der Waals surface area contributed by atoms with Gasteiger partial charge in [0.25, 0.3) is 0 Å². The number of carbonyl (C=O) groups is 1. The Labute approximate surface area is 138 Å². The molecule has 0 aliphatic rings. The van der Waals surface area contributed by atoms with E-state index >= 15 is 0 Å². The summed E-state index contributed by atoms with van der Waals surface area (Å²) in [4.78, 5) is 16.4. The number of rotatable bonds is 5. The monoisotopic (exact) mass is 327 g/mol. The van der Waals surface area contributed by atoms with Gasteiger partial charge in [-0.2, -0.15) is 16.3 Å². The van der Waals surface area contributed by atoms with Crippen molar-refractivity contribution in [2.45, 2.75) is 26.7 Å². The number of nitrogens with one attached hydrogen (secondary N) is 1. The molecule has 118 valence electrons.